The fourth-order valence-electron chi connectivity index (χ4n) is 3.42. The van der Waals surface area contributed by atoms with E-state index in [0.29, 0.717) is 22.5 Å². The largest absolute Gasteiger partial charge is 0.497 e. The molecule has 2 radical (unpaired) electrons. The van der Waals surface area contributed by atoms with Gasteiger partial charge in [-0.05, 0) is 23.8 Å². The summed E-state index contributed by atoms with van der Waals surface area (Å²) in [5.41, 5.74) is 0.717. The number of methoxy groups -OCH3 is 1. The lowest BCUT2D eigenvalue weighted by Crippen LogP contribution is -2.48. The van der Waals surface area contributed by atoms with Gasteiger partial charge in [-0.1, -0.05) is 29.7 Å². The number of carbonyl (C=O) groups is 2. The van der Waals surface area contributed by atoms with Gasteiger partial charge in [0.25, 0.3) is 5.91 Å². The maximum atomic E-state index is 12.6. The number of hydrogen-bond donors (Lipinski definition) is 2. The quantitative estimate of drug-likeness (QED) is 0.636. The van der Waals surface area contributed by atoms with Crippen molar-refractivity contribution in [2.24, 2.45) is 0 Å². The molecule has 3 amide bonds. The first-order valence-electron chi connectivity index (χ1n) is 7.86. The van der Waals surface area contributed by atoms with Gasteiger partial charge in [-0.25, -0.2) is 4.79 Å². The highest BCUT2D eigenvalue weighted by molar-refractivity contribution is 6.32. The van der Waals surface area contributed by atoms with Gasteiger partial charge < -0.3 is 14.8 Å². The van der Waals surface area contributed by atoms with E-state index in [2.05, 4.69) is 10.6 Å². The molecule has 1 fully saturated rings. The Kier molecular flexibility index (Phi) is 3.45. The highest BCUT2D eigenvalue weighted by Crippen LogP contribution is 2.45. The fourth-order valence-corrected chi connectivity index (χ4v) is 3.42. The molecule has 2 aromatic carbocycles. The Bertz CT molecular complexity index is 885. The van der Waals surface area contributed by atoms with Gasteiger partial charge in [-0.3, -0.25) is 10.1 Å². The van der Waals surface area contributed by atoms with Crippen molar-refractivity contribution >= 4 is 25.2 Å². The van der Waals surface area contributed by atoms with E-state index in [1.807, 2.05) is 24.3 Å². The Balaban J connectivity index is 1.83. The Morgan fingerprint density at radius 2 is 2.08 bits per heavy atom. The number of urea groups is 1. The standard InChI is InChI=1S/C18H15BN2O4/c1-24-12-4-2-3-10(7-12)15-9-18(16(22)20-17(23)21-18)13-8-11(19)5-6-14(13)25-15/h2-8,15H,9H2,1H3,(H2,20,21,22,23). The zero-order valence-corrected chi connectivity index (χ0v) is 13.5. The van der Waals surface area contributed by atoms with E-state index in [1.165, 1.54) is 0 Å². The number of carbonyl (C=O) groups excluding carboxylic acids is 2. The van der Waals surface area contributed by atoms with Gasteiger partial charge in [0.05, 0.1) is 7.11 Å². The van der Waals surface area contributed by atoms with Crippen molar-refractivity contribution in [2.45, 2.75) is 18.1 Å². The normalized spacial score (nSPS) is 24.3. The van der Waals surface area contributed by atoms with Gasteiger partial charge in [0.2, 0.25) is 0 Å². The van der Waals surface area contributed by atoms with Crippen molar-refractivity contribution in [1.29, 1.82) is 0 Å². The molecule has 2 aliphatic heterocycles. The first-order chi connectivity index (χ1) is 12.0. The second-order valence-electron chi connectivity index (χ2n) is 6.16. The maximum absolute atomic E-state index is 12.6. The summed E-state index contributed by atoms with van der Waals surface area (Å²) in [6.07, 6.45) is -0.163. The molecule has 25 heavy (non-hydrogen) atoms. The van der Waals surface area contributed by atoms with E-state index in [-0.39, 0.29) is 6.42 Å². The fraction of sp³-hybridized carbons (Fsp3) is 0.222. The minimum atomic E-state index is -1.20. The molecule has 0 aromatic heterocycles. The highest BCUT2D eigenvalue weighted by atomic mass is 16.5. The number of hydrogen-bond acceptors (Lipinski definition) is 4. The van der Waals surface area contributed by atoms with Crippen LogP contribution in [0.1, 0.15) is 23.7 Å². The number of imide groups is 1. The van der Waals surface area contributed by atoms with E-state index < -0.39 is 23.6 Å². The molecule has 2 aliphatic rings. The third kappa shape index (κ3) is 2.43. The van der Waals surface area contributed by atoms with Crippen molar-refractivity contribution in [3.05, 3.63) is 53.6 Å². The Morgan fingerprint density at radius 3 is 2.80 bits per heavy atom. The number of amides is 3. The summed E-state index contributed by atoms with van der Waals surface area (Å²) in [6.45, 7) is 0. The minimum Gasteiger partial charge on any atom is -0.497 e. The third-order valence-corrected chi connectivity index (χ3v) is 4.63. The Morgan fingerprint density at radius 1 is 1.24 bits per heavy atom. The maximum Gasteiger partial charge on any atom is 0.322 e. The predicted octanol–water partition coefficient (Wildman–Crippen LogP) is 1.05. The van der Waals surface area contributed by atoms with Crippen LogP contribution in [0.3, 0.4) is 0 Å². The first kappa shape index (κ1) is 15.6. The van der Waals surface area contributed by atoms with Gasteiger partial charge in [0.15, 0.2) is 5.54 Å². The molecule has 124 valence electrons. The molecule has 2 atom stereocenters. The topological polar surface area (TPSA) is 76.7 Å². The van der Waals surface area contributed by atoms with Gasteiger partial charge >= 0.3 is 6.03 Å². The second kappa shape index (κ2) is 5.55. The van der Waals surface area contributed by atoms with Crippen molar-refractivity contribution in [1.82, 2.24) is 10.6 Å². The van der Waals surface area contributed by atoms with Crippen molar-refractivity contribution < 1.29 is 19.1 Å². The molecule has 6 nitrogen and oxygen atoms in total. The van der Waals surface area contributed by atoms with Crippen LogP contribution in [0.2, 0.25) is 0 Å². The van der Waals surface area contributed by atoms with E-state index in [1.54, 1.807) is 25.3 Å². The molecule has 4 rings (SSSR count). The molecule has 0 saturated carbocycles. The van der Waals surface area contributed by atoms with Crippen LogP contribution in [-0.4, -0.2) is 26.9 Å². The lowest BCUT2D eigenvalue weighted by atomic mass is 9.78. The Hall–Kier alpha value is -2.96. The molecule has 1 spiro atoms. The molecule has 0 aliphatic carbocycles. The average molecular weight is 334 g/mol. The average Bonchev–Trinajstić information content (AvgIpc) is 2.89. The van der Waals surface area contributed by atoms with Crippen LogP contribution in [0, 0.1) is 0 Å². The monoisotopic (exact) mass is 334 g/mol. The molecular weight excluding hydrogens is 319 g/mol. The second-order valence-corrected chi connectivity index (χ2v) is 6.16. The zero-order chi connectivity index (χ0) is 17.6. The van der Waals surface area contributed by atoms with Crippen molar-refractivity contribution in [2.75, 3.05) is 7.11 Å². The lowest BCUT2D eigenvalue weighted by molar-refractivity contribution is -0.126. The third-order valence-electron chi connectivity index (χ3n) is 4.63. The van der Waals surface area contributed by atoms with Crippen LogP contribution in [-0.2, 0) is 10.3 Å². The van der Waals surface area contributed by atoms with Crippen LogP contribution in [0.4, 0.5) is 4.79 Å². The SMILES string of the molecule is [B]c1ccc2c(c1)C1(CC(c3cccc(OC)c3)O2)NC(=O)NC1=O. The summed E-state index contributed by atoms with van der Waals surface area (Å²) in [7, 11) is 7.47. The van der Waals surface area contributed by atoms with Crippen LogP contribution in [0.5, 0.6) is 11.5 Å². The molecule has 2 unspecified atom stereocenters. The zero-order valence-electron chi connectivity index (χ0n) is 13.5. The van der Waals surface area contributed by atoms with Gasteiger partial charge in [0, 0.05) is 12.0 Å². The molecule has 0 bridgehead atoms. The van der Waals surface area contributed by atoms with Crippen molar-refractivity contribution in [3.63, 3.8) is 0 Å². The van der Waals surface area contributed by atoms with Gasteiger partial charge in [-0.2, -0.15) is 0 Å². The number of benzene rings is 2. The molecule has 2 heterocycles. The summed E-state index contributed by atoms with van der Waals surface area (Å²) < 4.78 is 11.4. The van der Waals surface area contributed by atoms with Crippen LogP contribution in [0.15, 0.2) is 42.5 Å². The van der Waals surface area contributed by atoms with Crippen molar-refractivity contribution in [3.8, 4) is 11.5 Å². The Labute approximate surface area is 145 Å². The smallest absolute Gasteiger partial charge is 0.322 e. The van der Waals surface area contributed by atoms with Crippen LogP contribution < -0.4 is 25.6 Å². The van der Waals surface area contributed by atoms with Gasteiger partial charge in [-0.15, -0.1) is 0 Å². The van der Waals surface area contributed by atoms with Gasteiger partial charge in [0.1, 0.15) is 25.4 Å². The van der Waals surface area contributed by atoms with E-state index in [4.69, 9.17) is 17.3 Å². The summed E-state index contributed by atoms with van der Waals surface area (Å²) in [5, 5.41) is 5.09. The predicted molar refractivity (Wildman–Crippen MR) is 91.2 cm³/mol. The molecule has 2 aromatic rings. The summed E-state index contributed by atoms with van der Waals surface area (Å²) in [6, 6.07) is 12.0. The highest BCUT2D eigenvalue weighted by Gasteiger charge is 2.53. The van der Waals surface area contributed by atoms with E-state index >= 15 is 0 Å². The molecule has 7 heteroatoms. The summed E-state index contributed by atoms with van der Waals surface area (Å²) in [5.74, 6) is 0.810. The number of rotatable bonds is 2. The summed E-state index contributed by atoms with van der Waals surface area (Å²) in [4.78, 5) is 24.5. The van der Waals surface area contributed by atoms with E-state index in [0.717, 1.165) is 5.56 Å². The molecule has 2 N–H and O–H groups in total. The molecular formula is C18H15BN2O4. The minimum absolute atomic E-state index is 0.258. The first-order valence-corrected chi connectivity index (χ1v) is 7.86. The number of fused-ring (bicyclic) bond motifs is 2. The summed E-state index contributed by atoms with van der Waals surface area (Å²) >= 11 is 0. The van der Waals surface area contributed by atoms with E-state index in [9.17, 15) is 9.59 Å². The number of nitrogens with one attached hydrogen (secondary N) is 2. The lowest BCUT2D eigenvalue weighted by Gasteiger charge is -2.38. The number of ether oxygens (including phenoxy) is 2. The van der Waals surface area contributed by atoms with Crippen LogP contribution in [0.25, 0.3) is 0 Å². The van der Waals surface area contributed by atoms with Crippen LogP contribution >= 0.6 is 0 Å². The molecule has 1 saturated heterocycles.